The maximum Gasteiger partial charge on any atom is 0.191 e. The molecule has 0 unspecified atom stereocenters. The number of para-hydroxylation sites is 3. The van der Waals surface area contributed by atoms with E-state index in [1.54, 1.807) is 18.9 Å². The van der Waals surface area contributed by atoms with E-state index >= 15 is 0 Å². The van der Waals surface area contributed by atoms with Gasteiger partial charge in [-0.2, -0.15) is 0 Å². The third-order valence-electron chi connectivity index (χ3n) is 3.68. The molecule has 2 aromatic carbocycles. The van der Waals surface area contributed by atoms with Crippen LogP contribution in [0.15, 0.2) is 59.8 Å². The minimum Gasteiger partial charge on any atom is -0.493 e. The van der Waals surface area contributed by atoms with Gasteiger partial charge in [0.05, 0.1) is 13.7 Å². The van der Waals surface area contributed by atoms with E-state index in [9.17, 15) is 0 Å². The lowest BCUT2D eigenvalue weighted by Gasteiger charge is -2.10. The number of thioether (sulfide) groups is 1. The summed E-state index contributed by atoms with van der Waals surface area (Å²) in [4.78, 5) is 0. The number of nitrogens with zero attached hydrogens (tertiary/aromatic N) is 3. The Morgan fingerprint density at radius 3 is 2.42 bits per heavy atom. The van der Waals surface area contributed by atoms with Gasteiger partial charge >= 0.3 is 0 Å². The van der Waals surface area contributed by atoms with E-state index in [2.05, 4.69) is 10.2 Å². The van der Waals surface area contributed by atoms with Gasteiger partial charge < -0.3 is 18.8 Å². The molecule has 0 aliphatic heterocycles. The fraction of sp³-hybridized carbons (Fsp3) is 0.263. The summed E-state index contributed by atoms with van der Waals surface area (Å²) in [5.41, 5.74) is 0. The number of methoxy groups -OCH3 is 1. The van der Waals surface area contributed by atoms with Crippen LogP contribution in [0.25, 0.3) is 0 Å². The van der Waals surface area contributed by atoms with E-state index in [1.165, 1.54) is 0 Å². The van der Waals surface area contributed by atoms with Gasteiger partial charge in [-0.05, 0) is 24.3 Å². The fourth-order valence-corrected chi connectivity index (χ4v) is 3.03. The number of benzene rings is 2. The van der Waals surface area contributed by atoms with E-state index in [0.29, 0.717) is 13.2 Å². The van der Waals surface area contributed by atoms with Gasteiger partial charge in [-0.3, -0.25) is 0 Å². The lowest BCUT2D eigenvalue weighted by molar-refractivity contribution is 0.290. The maximum absolute atomic E-state index is 5.77. The topological polar surface area (TPSA) is 58.4 Å². The standard InChI is InChI=1S/C19H21N3O3S/c1-22-18(14-25-15-8-4-3-5-9-15)20-21-19(22)26-13-12-24-17-11-7-6-10-16(17)23-2/h3-11H,12-14H2,1-2H3. The number of rotatable bonds is 9. The number of ether oxygens (including phenoxy) is 3. The third-order valence-corrected chi connectivity index (χ3v) is 4.66. The average Bonchev–Trinajstić information content (AvgIpc) is 3.04. The van der Waals surface area contributed by atoms with Gasteiger partial charge in [0.15, 0.2) is 22.5 Å². The predicted molar refractivity (Wildman–Crippen MR) is 101 cm³/mol. The van der Waals surface area contributed by atoms with Crippen molar-refractivity contribution in [3.63, 3.8) is 0 Å². The molecule has 0 saturated heterocycles. The first kappa shape index (κ1) is 18.1. The Balaban J connectivity index is 1.47. The Morgan fingerprint density at radius 2 is 1.65 bits per heavy atom. The number of hydrogen-bond acceptors (Lipinski definition) is 6. The molecule has 0 radical (unpaired) electrons. The van der Waals surface area contributed by atoms with Gasteiger partial charge in [-0.25, -0.2) is 0 Å². The summed E-state index contributed by atoms with van der Waals surface area (Å²) in [5, 5.41) is 9.26. The molecule has 7 heteroatoms. The highest BCUT2D eigenvalue weighted by molar-refractivity contribution is 7.99. The van der Waals surface area contributed by atoms with Gasteiger partial charge in [0.1, 0.15) is 12.4 Å². The summed E-state index contributed by atoms with van der Waals surface area (Å²) in [6.45, 7) is 0.930. The first-order valence-corrected chi connectivity index (χ1v) is 9.21. The van der Waals surface area contributed by atoms with Crippen LogP contribution in [-0.4, -0.2) is 34.2 Å². The fourth-order valence-electron chi connectivity index (χ4n) is 2.28. The Labute approximate surface area is 157 Å². The van der Waals surface area contributed by atoms with E-state index in [4.69, 9.17) is 14.2 Å². The van der Waals surface area contributed by atoms with Gasteiger partial charge in [-0.1, -0.05) is 42.1 Å². The molecule has 0 fully saturated rings. The van der Waals surface area contributed by atoms with E-state index in [0.717, 1.165) is 34.0 Å². The highest BCUT2D eigenvalue weighted by Gasteiger charge is 2.10. The van der Waals surface area contributed by atoms with Crippen LogP contribution in [0.2, 0.25) is 0 Å². The number of hydrogen-bond donors (Lipinski definition) is 0. The van der Waals surface area contributed by atoms with Crippen LogP contribution >= 0.6 is 11.8 Å². The molecule has 0 spiro atoms. The summed E-state index contributed by atoms with van der Waals surface area (Å²) >= 11 is 1.59. The summed E-state index contributed by atoms with van der Waals surface area (Å²) in [6.07, 6.45) is 0. The Morgan fingerprint density at radius 1 is 0.923 bits per heavy atom. The molecule has 0 atom stereocenters. The lowest BCUT2D eigenvalue weighted by atomic mass is 10.3. The van der Waals surface area contributed by atoms with Gasteiger partial charge in [0.25, 0.3) is 0 Å². The Kier molecular flexibility index (Phi) is 6.38. The summed E-state index contributed by atoms with van der Waals surface area (Å²) in [5.74, 6) is 3.82. The van der Waals surface area contributed by atoms with E-state index < -0.39 is 0 Å². The Hall–Kier alpha value is -2.67. The van der Waals surface area contributed by atoms with Crippen molar-refractivity contribution in [1.29, 1.82) is 0 Å². The second-order valence-electron chi connectivity index (χ2n) is 5.41. The molecule has 3 rings (SSSR count). The molecule has 1 heterocycles. The van der Waals surface area contributed by atoms with Crippen LogP contribution in [-0.2, 0) is 13.7 Å². The zero-order valence-corrected chi connectivity index (χ0v) is 15.6. The summed E-state index contributed by atoms with van der Waals surface area (Å²) in [6, 6.07) is 17.3. The van der Waals surface area contributed by atoms with Crippen molar-refractivity contribution >= 4 is 11.8 Å². The average molecular weight is 371 g/mol. The van der Waals surface area contributed by atoms with Crippen LogP contribution in [0, 0.1) is 0 Å². The third kappa shape index (κ3) is 4.70. The van der Waals surface area contributed by atoms with Crippen LogP contribution in [0.3, 0.4) is 0 Å². The van der Waals surface area contributed by atoms with E-state index in [-0.39, 0.29) is 0 Å². The maximum atomic E-state index is 5.77. The molecule has 6 nitrogen and oxygen atoms in total. The zero-order chi connectivity index (χ0) is 18.2. The highest BCUT2D eigenvalue weighted by atomic mass is 32.2. The van der Waals surface area contributed by atoms with Gasteiger partial charge in [0.2, 0.25) is 0 Å². The largest absolute Gasteiger partial charge is 0.493 e. The molecular formula is C19H21N3O3S. The minimum absolute atomic E-state index is 0.381. The molecule has 1 aromatic heterocycles. The molecule has 26 heavy (non-hydrogen) atoms. The van der Waals surface area contributed by atoms with Crippen LogP contribution in [0.5, 0.6) is 17.2 Å². The first-order valence-electron chi connectivity index (χ1n) is 8.22. The summed E-state index contributed by atoms with van der Waals surface area (Å²) in [7, 11) is 3.57. The highest BCUT2D eigenvalue weighted by Crippen LogP contribution is 2.26. The molecule has 0 N–H and O–H groups in total. The smallest absolute Gasteiger partial charge is 0.191 e. The molecule has 0 saturated carbocycles. The van der Waals surface area contributed by atoms with Gasteiger partial charge in [0, 0.05) is 12.8 Å². The molecular weight excluding hydrogens is 350 g/mol. The molecule has 136 valence electrons. The minimum atomic E-state index is 0.381. The molecule has 3 aromatic rings. The van der Waals surface area contributed by atoms with Crippen molar-refractivity contribution in [3.8, 4) is 17.2 Å². The molecule has 0 bridgehead atoms. The Bertz CT molecular complexity index is 824. The van der Waals surface area contributed by atoms with Crippen molar-refractivity contribution in [2.45, 2.75) is 11.8 Å². The van der Waals surface area contributed by atoms with Crippen LogP contribution < -0.4 is 14.2 Å². The van der Waals surface area contributed by atoms with Crippen LogP contribution in [0.4, 0.5) is 0 Å². The second kappa shape index (κ2) is 9.15. The molecule has 0 amide bonds. The monoisotopic (exact) mass is 371 g/mol. The normalized spacial score (nSPS) is 10.5. The quantitative estimate of drug-likeness (QED) is 0.423. The van der Waals surface area contributed by atoms with Gasteiger partial charge in [-0.15, -0.1) is 10.2 Å². The first-order chi connectivity index (χ1) is 12.8. The lowest BCUT2D eigenvalue weighted by Crippen LogP contribution is -2.05. The SMILES string of the molecule is COc1ccccc1OCCSc1nnc(COc2ccccc2)n1C. The zero-order valence-electron chi connectivity index (χ0n) is 14.8. The predicted octanol–water partition coefficient (Wildman–Crippen LogP) is 3.57. The van der Waals surface area contributed by atoms with Crippen molar-refractivity contribution < 1.29 is 14.2 Å². The summed E-state index contributed by atoms with van der Waals surface area (Å²) < 4.78 is 18.7. The van der Waals surface area contributed by atoms with Crippen molar-refractivity contribution in [2.75, 3.05) is 19.5 Å². The second-order valence-corrected chi connectivity index (χ2v) is 6.47. The number of aromatic nitrogens is 3. The van der Waals surface area contributed by atoms with Crippen molar-refractivity contribution in [3.05, 3.63) is 60.4 Å². The molecule has 0 aliphatic rings. The van der Waals surface area contributed by atoms with Crippen molar-refractivity contribution in [2.24, 2.45) is 7.05 Å². The molecule has 0 aliphatic carbocycles. The van der Waals surface area contributed by atoms with Crippen molar-refractivity contribution in [1.82, 2.24) is 14.8 Å². The van der Waals surface area contributed by atoms with Crippen LogP contribution in [0.1, 0.15) is 5.82 Å². The van der Waals surface area contributed by atoms with E-state index in [1.807, 2.05) is 66.2 Å².